The summed E-state index contributed by atoms with van der Waals surface area (Å²) in [5.41, 5.74) is 1.58. The molecule has 2 aliphatic rings. The minimum atomic E-state index is -0.157. The fourth-order valence-electron chi connectivity index (χ4n) is 3.74. The molecule has 6 nitrogen and oxygen atoms in total. The molecule has 3 rings (SSSR count). The molecule has 164 valence electrons. The van der Waals surface area contributed by atoms with E-state index in [1.807, 2.05) is 19.1 Å². The van der Waals surface area contributed by atoms with Crippen molar-refractivity contribution in [3.8, 4) is 0 Å². The van der Waals surface area contributed by atoms with Crippen molar-refractivity contribution in [2.75, 3.05) is 57.3 Å². The van der Waals surface area contributed by atoms with Gasteiger partial charge >= 0.3 is 0 Å². The molecule has 1 aromatic rings. The molecule has 2 saturated heterocycles. The normalized spacial score (nSPS) is 20.4. The first-order chi connectivity index (χ1) is 13.7. The molecule has 1 unspecified atom stereocenters. The second-order valence-corrected chi connectivity index (χ2v) is 7.42. The van der Waals surface area contributed by atoms with E-state index in [1.165, 1.54) is 0 Å². The van der Waals surface area contributed by atoms with Crippen molar-refractivity contribution in [1.82, 2.24) is 15.5 Å². The average Bonchev–Trinajstić information content (AvgIpc) is 3.24. The molecule has 29 heavy (non-hydrogen) atoms. The number of halogens is 2. The van der Waals surface area contributed by atoms with Gasteiger partial charge in [-0.1, -0.05) is 13.0 Å². The number of ether oxygens (including phenoxy) is 1. The number of aliphatic imine (C=N–C) groups is 1. The van der Waals surface area contributed by atoms with Gasteiger partial charge < -0.3 is 25.2 Å². The maximum Gasteiger partial charge on any atom is 0.191 e. The van der Waals surface area contributed by atoms with Crippen LogP contribution < -0.4 is 15.5 Å². The van der Waals surface area contributed by atoms with E-state index < -0.39 is 0 Å². The number of anilines is 1. The number of hydrogen-bond donors (Lipinski definition) is 2. The Morgan fingerprint density at radius 2 is 2.00 bits per heavy atom. The second kappa shape index (κ2) is 12.5. The smallest absolute Gasteiger partial charge is 0.191 e. The molecule has 2 fully saturated rings. The number of nitrogens with zero attached hydrogens (tertiary/aromatic N) is 3. The van der Waals surface area contributed by atoms with Gasteiger partial charge in [-0.05, 0) is 44.0 Å². The van der Waals surface area contributed by atoms with Crippen LogP contribution in [0.15, 0.2) is 23.2 Å². The van der Waals surface area contributed by atoms with E-state index in [-0.39, 0.29) is 35.9 Å². The largest absolute Gasteiger partial charge is 0.376 e. The lowest BCUT2D eigenvalue weighted by atomic mass is 10.1. The zero-order chi connectivity index (χ0) is 19.8. The van der Waals surface area contributed by atoms with Crippen LogP contribution in [0, 0.1) is 5.82 Å². The molecule has 2 heterocycles. The second-order valence-electron chi connectivity index (χ2n) is 7.42. The number of rotatable bonds is 7. The molecular weight excluding hydrogens is 484 g/mol. The molecule has 0 bridgehead atoms. The van der Waals surface area contributed by atoms with Crippen molar-refractivity contribution >= 4 is 35.6 Å². The summed E-state index contributed by atoms with van der Waals surface area (Å²) in [5.74, 6) is 0.591. The number of likely N-dealkylation sites (N-methyl/N-ethyl adjacent to an activating group) is 1. The Morgan fingerprint density at radius 3 is 2.62 bits per heavy atom. The molecule has 8 heteroatoms. The van der Waals surface area contributed by atoms with E-state index >= 15 is 0 Å². The Balaban J connectivity index is 0.00000300. The average molecular weight is 519 g/mol. The third-order valence-corrected chi connectivity index (χ3v) is 5.46. The molecule has 1 atom stereocenters. The first-order valence-electron chi connectivity index (χ1n) is 10.6. The SMILES string of the molecule is CCNC(=NCc1ccc(N2CCN(CC)CC2)c(F)c1)NCC1CCCO1.I. The monoisotopic (exact) mass is 519 g/mol. The number of guanidine groups is 1. The van der Waals surface area contributed by atoms with E-state index in [9.17, 15) is 4.39 Å². The zero-order valence-corrected chi connectivity index (χ0v) is 20.0. The van der Waals surface area contributed by atoms with E-state index in [2.05, 4.69) is 32.3 Å². The Hall–Kier alpha value is -1.13. The zero-order valence-electron chi connectivity index (χ0n) is 17.6. The van der Waals surface area contributed by atoms with Gasteiger partial charge in [0.15, 0.2) is 5.96 Å². The van der Waals surface area contributed by atoms with Crippen LogP contribution in [0.2, 0.25) is 0 Å². The highest BCUT2D eigenvalue weighted by Gasteiger charge is 2.19. The van der Waals surface area contributed by atoms with Crippen LogP contribution in [0.5, 0.6) is 0 Å². The van der Waals surface area contributed by atoms with Gasteiger partial charge in [-0.3, -0.25) is 0 Å². The first kappa shape index (κ1) is 24.1. The van der Waals surface area contributed by atoms with E-state index in [1.54, 1.807) is 6.07 Å². The van der Waals surface area contributed by atoms with Crippen LogP contribution in [0.25, 0.3) is 0 Å². The summed E-state index contributed by atoms with van der Waals surface area (Å²) >= 11 is 0. The quantitative estimate of drug-likeness (QED) is 0.330. The standard InChI is InChI=1S/C21H34FN5O.HI/c1-3-23-21(25-16-18-6-5-13-28-18)24-15-17-7-8-20(19(22)14-17)27-11-9-26(4-2)10-12-27;/h7-8,14,18H,3-6,9-13,15-16H2,1-2H3,(H2,23,24,25);1H. The Bertz CT molecular complexity index is 646. The summed E-state index contributed by atoms with van der Waals surface area (Å²) in [7, 11) is 0. The van der Waals surface area contributed by atoms with Gasteiger partial charge in [-0.2, -0.15) is 0 Å². The van der Waals surface area contributed by atoms with Gasteiger partial charge in [0.25, 0.3) is 0 Å². The summed E-state index contributed by atoms with van der Waals surface area (Å²) < 4.78 is 20.3. The third-order valence-electron chi connectivity index (χ3n) is 5.46. The molecule has 0 amide bonds. The third kappa shape index (κ3) is 7.25. The van der Waals surface area contributed by atoms with Gasteiger partial charge in [0.1, 0.15) is 5.82 Å². The number of benzene rings is 1. The summed E-state index contributed by atoms with van der Waals surface area (Å²) in [6.45, 7) is 11.8. The van der Waals surface area contributed by atoms with Crippen molar-refractivity contribution in [3.05, 3.63) is 29.6 Å². The van der Waals surface area contributed by atoms with Crippen LogP contribution in [-0.2, 0) is 11.3 Å². The van der Waals surface area contributed by atoms with E-state index in [4.69, 9.17) is 4.74 Å². The molecule has 0 radical (unpaired) electrons. The molecule has 0 aromatic heterocycles. The molecular formula is C21H35FIN5O. The van der Waals surface area contributed by atoms with Gasteiger partial charge in [0, 0.05) is 45.9 Å². The number of piperazine rings is 1. The van der Waals surface area contributed by atoms with Crippen molar-refractivity contribution in [2.24, 2.45) is 4.99 Å². The van der Waals surface area contributed by atoms with Crippen molar-refractivity contribution < 1.29 is 9.13 Å². The summed E-state index contributed by atoms with van der Waals surface area (Å²) in [5, 5.41) is 6.57. The highest BCUT2D eigenvalue weighted by Crippen LogP contribution is 2.22. The predicted octanol–water partition coefficient (Wildman–Crippen LogP) is 2.82. The Labute approximate surface area is 191 Å². The minimum Gasteiger partial charge on any atom is -0.376 e. The Morgan fingerprint density at radius 1 is 1.21 bits per heavy atom. The summed E-state index contributed by atoms with van der Waals surface area (Å²) in [6, 6.07) is 5.50. The molecule has 0 saturated carbocycles. The van der Waals surface area contributed by atoms with Gasteiger partial charge in [-0.15, -0.1) is 24.0 Å². The van der Waals surface area contributed by atoms with Crippen LogP contribution in [0.4, 0.5) is 10.1 Å². The topological polar surface area (TPSA) is 52.1 Å². The van der Waals surface area contributed by atoms with E-state index in [0.29, 0.717) is 12.2 Å². The molecule has 2 aliphatic heterocycles. The maximum absolute atomic E-state index is 14.7. The lowest BCUT2D eigenvalue weighted by Crippen LogP contribution is -2.46. The van der Waals surface area contributed by atoms with Crippen molar-refractivity contribution in [3.63, 3.8) is 0 Å². The van der Waals surface area contributed by atoms with Crippen LogP contribution in [0.3, 0.4) is 0 Å². The van der Waals surface area contributed by atoms with Crippen LogP contribution >= 0.6 is 24.0 Å². The predicted molar refractivity (Wildman–Crippen MR) is 128 cm³/mol. The van der Waals surface area contributed by atoms with Crippen molar-refractivity contribution in [2.45, 2.75) is 39.3 Å². The highest BCUT2D eigenvalue weighted by molar-refractivity contribution is 14.0. The summed E-state index contributed by atoms with van der Waals surface area (Å²) in [6.07, 6.45) is 2.47. The fraction of sp³-hybridized carbons (Fsp3) is 0.667. The lowest BCUT2D eigenvalue weighted by molar-refractivity contribution is 0.114. The lowest BCUT2D eigenvalue weighted by Gasteiger charge is -2.35. The first-order valence-corrected chi connectivity index (χ1v) is 10.6. The van der Waals surface area contributed by atoms with Gasteiger partial charge in [0.05, 0.1) is 18.3 Å². The number of nitrogens with one attached hydrogen (secondary N) is 2. The van der Waals surface area contributed by atoms with Gasteiger partial charge in [0.2, 0.25) is 0 Å². The van der Waals surface area contributed by atoms with Gasteiger partial charge in [-0.25, -0.2) is 9.38 Å². The molecule has 2 N–H and O–H groups in total. The van der Waals surface area contributed by atoms with E-state index in [0.717, 1.165) is 76.8 Å². The Kier molecular flexibility index (Phi) is 10.4. The highest BCUT2D eigenvalue weighted by atomic mass is 127. The maximum atomic E-state index is 14.7. The van der Waals surface area contributed by atoms with Crippen LogP contribution in [-0.4, -0.2) is 69.4 Å². The number of hydrogen-bond acceptors (Lipinski definition) is 4. The molecule has 0 aliphatic carbocycles. The minimum absolute atomic E-state index is 0. The summed E-state index contributed by atoms with van der Waals surface area (Å²) in [4.78, 5) is 9.13. The molecule has 1 aromatic carbocycles. The van der Waals surface area contributed by atoms with Crippen molar-refractivity contribution in [1.29, 1.82) is 0 Å². The fourth-order valence-corrected chi connectivity index (χ4v) is 3.74. The van der Waals surface area contributed by atoms with Crippen LogP contribution in [0.1, 0.15) is 32.3 Å². The molecule has 0 spiro atoms.